The van der Waals surface area contributed by atoms with E-state index in [9.17, 15) is 19.2 Å². The third kappa shape index (κ3) is 4.95. The van der Waals surface area contributed by atoms with E-state index in [0.29, 0.717) is 5.75 Å². The molecule has 178 valence electrons. The molecule has 2 unspecified atom stereocenters. The van der Waals surface area contributed by atoms with Gasteiger partial charge in [0.05, 0.1) is 6.04 Å². The number of carbonyl (C=O) groups is 4. The van der Waals surface area contributed by atoms with Gasteiger partial charge in [-0.15, -0.1) is 0 Å². The number of fused-ring (bicyclic) bond motifs is 1. The second-order valence-electron chi connectivity index (χ2n) is 7.72. The Morgan fingerprint density at radius 1 is 1.03 bits per heavy atom. The van der Waals surface area contributed by atoms with E-state index in [2.05, 4.69) is 5.32 Å². The summed E-state index contributed by atoms with van der Waals surface area (Å²) in [5.74, 6) is -2.05. The number of hydrogen-bond acceptors (Lipinski definition) is 6. The topological polar surface area (TPSA) is 105 Å². The fourth-order valence-corrected chi connectivity index (χ4v) is 4.18. The van der Waals surface area contributed by atoms with E-state index in [-0.39, 0.29) is 19.8 Å². The molecule has 3 atom stereocenters. The molecule has 2 fully saturated rings. The van der Waals surface area contributed by atoms with Crippen LogP contribution in [-0.2, 0) is 30.5 Å². The Hall–Kier alpha value is -3.30. The molecule has 0 saturated carbocycles. The number of rotatable bonds is 8. The molecule has 0 radical (unpaired) electrons. The summed E-state index contributed by atoms with van der Waals surface area (Å²) in [6.07, 6.45) is -1.32. The van der Waals surface area contributed by atoms with Crippen molar-refractivity contribution in [2.75, 3.05) is 13.2 Å². The number of amides is 3. The summed E-state index contributed by atoms with van der Waals surface area (Å²) < 4.78 is 10.8. The molecule has 2 saturated heterocycles. The molecule has 0 bridgehead atoms. The summed E-state index contributed by atoms with van der Waals surface area (Å²) in [7, 11) is 0. The minimum atomic E-state index is -1.43. The summed E-state index contributed by atoms with van der Waals surface area (Å²) in [4.78, 5) is 51.5. The molecule has 4 rings (SSSR count). The Bertz CT molecular complexity index is 1070. The maximum Gasteiger partial charge on any atom is 0.350 e. The monoisotopic (exact) mass is 505 g/mol. The highest BCUT2D eigenvalue weighted by molar-refractivity contribution is 6.53. The zero-order valence-corrected chi connectivity index (χ0v) is 19.3. The first-order valence-electron chi connectivity index (χ1n) is 10.5. The van der Waals surface area contributed by atoms with Crippen molar-refractivity contribution in [3.05, 3.63) is 66.2 Å². The van der Waals surface area contributed by atoms with Crippen molar-refractivity contribution < 1.29 is 28.7 Å². The SMILES string of the molecule is O=C(COc1ccccc1)N[C@@H]1C(=O)N2C1CN(C(=O)C(Cl)Cl)C2C(=O)OCc1ccccc1. The Morgan fingerprint density at radius 2 is 1.68 bits per heavy atom. The molecule has 3 amide bonds. The van der Waals surface area contributed by atoms with Gasteiger partial charge in [0.1, 0.15) is 18.4 Å². The Kier molecular flexibility index (Phi) is 7.23. The Labute approximate surface area is 205 Å². The van der Waals surface area contributed by atoms with E-state index in [1.165, 1.54) is 4.90 Å². The van der Waals surface area contributed by atoms with Crippen LogP contribution in [0.25, 0.3) is 0 Å². The van der Waals surface area contributed by atoms with Gasteiger partial charge in [0.15, 0.2) is 11.4 Å². The van der Waals surface area contributed by atoms with E-state index >= 15 is 0 Å². The number of carbonyl (C=O) groups excluding carboxylic acids is 4. The van der Waals surface area contributed by atoms with Crippen LogP contribution in [0.4, 0.5) is 0 Å². The predicted molar refractivity (Wildman–Crippen MR) is 122 cm³/mol. The van der Waals surface area contributed by atoms with Gasteiger partial charge in [-0.3, -0.25) is 14.4 Å². The smallest absolute Gasteiger partial charge is 0.350 e. The highest BCUT2D eigenvalue weighted by atomic mass is 35.5. The number of halogens is 2. The minimum Gasteiger partial charge on any atom is -0.484 e. The van der Waals surface area contributed by atoms with Crippen molar-refractivity contribution in [2.45, 2.75) is 29.7 Å². The largest absolute Gasteiger partial charge is 0.484 e. The van der Waals surface area contributed by atoms with Gasteiger partial charge < -0.3 is 24.6 Å². The number of hydrogen-bond donors (Lipinski definition) is 1. The van der Waals surface area contributed by atoms with Gasteiger partial charge in [-0.25, -0.2) is 4.79 Å². The van der Waals surface area contributed by atoms with Crippen molar-refractivity contribution in [1.29, 1.82) is 0 Å². The molecule has 2 heterocycles. The van der Waals surface area contributed by atoms with Gasteiger partial charge in [-0.1, -0.05) is 71.7 Å². The van der Waals surface area contributed by atoms with Gasteiger partial charge in [-0.2, -0.15) is 0 Å². The number of alkyl halides is 2. The molecule has 2 aromatic carbocycles. The minimum absolute atomic E-state index is 0.0316. The first-order valence-corrected chi connectivity index (χ1v) is 11.3. The summed E-state index contributed by atoms with van der Waals surface area (Å²) >= 11 is 11.5. The van der Waals surface area contributed by atoms with Crippen LogP contribution >= 0.6 is 23.2 Å². The van der Waals surface area contributed by atoms with Gasteiger partial charge in [-0.05, 0) is 17.7 Å². The molecule has 2 aliphatic rings. The fourth-order valence-electron chi connectivity index (χ4n) is 3.93. The summed E-state index contributed by atoms with van der Waals surface area (Å²) in [5.41, 5.74) is 0.745. The van der Waals surface area contributed by atoms with Crippen LogP contribution < -0.4 is 10.1 Å². The van der Waals surface area contributed by atoms with E-state index in [1.54, 1.807) is 48.5 Å². The molecular weight excluding hydrogens is 485 g/mol. The van der Waals surface area contributed by atoms with Gasteiger partial charge >= 0.3 is 5.97 Å². The number of nitrogens with zero attached hydrogens (tertiary/aromatic N) is 2. The first-order chi connectivity index (χ1) is 16.4. The molecule has 34 heavy (non-hydrogen) atoms. The molecule has 0 spiro atoms. The van der Waals surface area contributed by atoms with Crippen molar-refractivity contribution in [2.24, 2.45) is 0 Å². The van der Waals surface area contributed by atoms with Crippen LogP contribution in [0.2, 0.25) is 0 Å². The predicted octanol–water partition coefficient (Wildman–Crippen LogP) is 1.48. The maximum absolute atomic E-state index is 12.9. The second-order valence-corrected chi connectivity index (χ2v) is 8.81. The van der Waals surface area contributed by atoms with Gasteiger partial charge in [0.2, 0.25) is 12.1 Å². The van der Waals surface area contributed by atoms with Crippen LogP contribution in [-0.4, -0.2) is 69.7 Å². The standard InChI is InChI=1S/C23H21Cl2N3O6/c24-19(25)22(31)27-11-16-18(26-17(29)13-33-15-9-5-2-6-10-15)21(30)28(16)20(27)23(32)34-12-14-7-3-1-4-8-14/h1-10,16,18-20H,11-13H2,(H,26,29)/t16?,18-,20?/m0/s1. The number of benzene rings is 2. The molecule has 2 aromatic rings. The first kappa shape index (κ1) is 23.8. The van der Waals surface area contributed by atoms with Gasteiger partial charge in [0.25, 0.3) is 11.8 Å². The van der Waals surface area contributed by atoms with Crippen molar-refractivity contribution in [1.82, 2.24) is 15.1 Å². The number of nitrogens with one attached hydrogen (secondary N) is 1. The van der Waals surface area contributed by atoms with E-state index < -0.39 is 46.8 Å². The zero-order chi connectivity index (χ0) is 24.2. The molecule has 1 N–H and O–H groups in total. The lowest BCUT2D eigenvalue weighted by Crippen LogP contribution is -2.71. The third-order valence-corrected chi connectivity index (χ3v) is 5.91. The van der Waals surface area contributed by atoms with Crippen LogP contribution in [0.3, 0.4) is 0 Å². The van der Waals surface area contributed by atoms with Crippen LogP contribution in [0.15, 0.2) is 60.7 Å². The van der Waals surface area contributed by atoms with E-state index in [1.807, 2.05) is 12.1 Å². The molecule has 0 aromatic heterocycles. The molecule has 11 heteroatoms. The maximum atomic E-state index is 12.9. The normalized spacial score (nSPS) is 21.0. The number of ether oxygens (including phenoxy) is 2. The highest BCUT2D eigenvalue weighted by Gasteiger charge is 2.61. The quantitative estimate of drug-likeness (QED) is 0.331. The third-order valence-electron chi connectivity index (χ3n) is 5.54. The van der Waals surface area contributed by atoms with Crippen LogP contribution in [0.5, 0.6) is 5.75 Å². The Morgan fingerprint density at radius 3 is 2.32 bits per heavy atom. The Balaban J connectivity index is 1.41. The van der Waals surface area contributed by atoms with E-state index in [0.717, 1.165) is 10.5 Å². The van der Waals surface area contributed by atoms with Crippen LogP contribution in [0, 0.1) is 0 Å². The lowest BCUT2D eigenvalue weighted by atomic mass is 9.96. The second kappa shape index (κ2) is 10.3. The number of para-hydroxylation sites is 1. The average Bonchev–Trinajstić information content (AvgIpc) is 3.21. The number of esters is 1. The molecule has 9 nitrogen and oxygen atoms in total. The number of β-lactam (4-membered cyclic amide) rings is 1. The molecule has 2 aliphatic heterocycles. The van der Waals surface area contributed by atoms with Crippen molar-refractivity contribution in [3.8, 4) is 5.75 Å². The summed E-state index contributed by atoms with van der Waals surface area (Å²) in [5, 5.41) is 2.60. The zero-order valence-electron chi connectivity index (χ0n) is 17.8. The van der Waals surface area contributed by atoms with Crippen molar-refractivity contribution >= 4 is 46.9 Å². The highest BCUT2D eigenvalue weighted by Crippen LogP contribution is 2.34. The molecule has 0 aliphatic carbocycles. The van der Waals surface area contributed by atoms with Gasteiger partial charge in [0, 0.05) is 6.54 Å². The average molecular weight is 506 g/mol. The van der Waals surface area contributed by atoms with E-state index in [4.69, 9.17) is 32.7 Å². The fraction of sp³-hybridized carbons (Fsp3) is 0.304. The summed E-state index contributed by atoms with van der Waals surface area (Å²) in [6.45, 7) is -0.361. The van der Waals surface area contributed by atoms with Crippen molar-refractivity contribution in [3.63, 3.8) is 0 Å². The lowest BCUT2D eigenvalue weighted by Gasteiger charge is -2.43. The lowest BCUT2D eigenvalue weighted by molar-refractivity contribution is -0.170. The summed E-state index contributed by atoms with van der Waals surface area (Å²) in [6, 6.07) is 16.2. The van der Waals surface area contributed by atoms with Crippen LogP contribution in [0.1, 0.15) is 5.56 Å². The molecular formula is C23H21Cl2N3O6.